The minimum absolute atomic E-state index is 0.118. The minimum atomic E-state index is -0.800. The average Bonchev–Trinajstić information content (AvgIpc) is 2.91. The Hall–Kier alpha value is -2.75. The van der Waals surface area contributed by atoms with Crippen LogP contribution in [0.15, 0.2) is 53.4 Å². The van der Waals surface area contributed by atoms with Crippen LogP contribution in [0, 0.1) is 10.1 Å². The van der Waals surface area contributed by atoms with Gasteiger partial charge in [-0.1, -0.05) is 47.6 Å². The Balaban J connectivity index is 1.81. The van der Waals surface area contributed by atoms with Gasteiger partial charge in [0, 0.05) is 11.1 Å². The molecule has 2 aromatic carbocycles. The van der Waals surface area contributed by atoms with Gasteiger partial charge in [0.1, 0.15) is 5.56 Å². The lowest BCUT2D eigenvalue weighted by atomic mass is 10.2. The highest BCUT2D eigenvalue weighted by atomic mass is 35.5. The summed E-state index contributed by atoms with van der Waals surface area (Å²) >= 11 is 12.0. The van der Waals surface area contributed by atoms with Crippen molar-refractivity contribution in [2.75, 3.05) is 0 Å². The summed E-state index contributed by atoms with van der Waals surface area (Å²) in [4.78, 5) is 35.7. The predicted octanol–water partition coefficient (Wildman–Crippen LogP) is 3.79. The van der Waals surface area contributed by atoms with E-state index in [2.05, 4.69) is 5.43 Å². The number of nitrogens with one attached hydrogen (secondary N) is 1. The summed E-state index contributed by atoms with van der Waals surface area (Å²) in [7, 11) is 0. The number of amides is 2. The fourth-order valence-electron chi connectivity index (χ4n) is 2.26. The fourth-order valence-corrected chi connectivity index (χ4v) is 3.57. The number of hydrogen-bond donors (Lipinski definition) is 1. The molecule has 2 aromatic rings. The van der Waals surface area contributed by atoms with E-state index in [0.29, 0.717) is 9.93 Å². The van der Waals surface area contributed by atoms with Crippen LogP contribution in [0.2, 0.25) is 5.02 Å². The van der Waals surface area contributed by atoms with E-state index in [4.69, 9.17) is 23.8 Å². The molecule has 2 amide bonds. The third-order valence-corrected chi connectivity index (χ3v) is 5.07. The highest BCUT2D eigenvalue weighted by Crippen LogP contribution is 2.32. The highest BCUT2D eigenvalue weighted by molar-refractivity contribution is 8.26. The van der Waals surface area contributed by atoms with E-state index < -0.39 is 16.7 Å². The molecule has 3 rings (SSSR count). The summed E-state index contributed by atoms with van der Waals surface area (Å²) in [5.74, 6) is -1.32. The number of thiocarbonyl (C=S) groups is 1. The number of para-hydroxylation sites is 1. The van der Waals surface area contributed by atoms with Gasteiger partial charge in [0.25, 0.3) is 17.5 Å². The van der Waals surface area contributed by atoms with Gasteiger partial charge in [-0.3, -0.25) is 25.1 Å². The van der Waals surface area contributed by atoms with Crippen LogP contribution in [-0.2, 0) is 4.79 Å². The molecule has 0 spiro atoms. The van der Waals surface area contributed by atoms with Crippen molar-refractivity contribution in [2.45, 2.75) is 0 Å². The van der Waals surface area contributed by atoms with E-state index >= 15 is 0 Å². The maximum atomic E-state index is 12.5. The Morgan fingerprint density at radius 3 is 2.56 bits per heavy atom. The molecule has 1 aliphatic rings. The van der Waals surface area contributed by atoms with Crippen molar-refractivity contribution in [3.8, 4) is 0 Å². The molecule has 1 fully saturated rings. The molecule has 7 nitrogen and oxygen atoms in total. The van der Waals surface area contributed by atoms with E-state index in [-0.39, 0.29) is 15.6 Å². The van der Waals surface area contributed by atoms with Crippen molar-refractivity contribution < 1.29 is 14.5 Å². The molecule has 1 saturated heterocycles. The summed E-state index contributed by atoms with van der Waals surface area (Å²) in [5.41, 5.74) is 2.54. The molecular formula is C17H10ClN3O4S2. The molecule has 0 aromatic heterocycles. The monoisotopic (exact) mass is 419 g/mol. The molecule has 0 aliphatic carbocycles. The number of carbonyl (C=O) groups excluding carboxylic acids is 2. The molecule has 136 valence electrons. The zero-order chi connectivity index (χ0) is 19.6. The Bertz CT molecular complexity index is 992. The molecule has 0 saturated carbocycles. The van der Waals surface area contributed by atoms with Crippen LogP contribution in [0.4, 0.5) is 5.69 Å². The molecule has 1 aliphatic heterocycles. The maximum Gasteiger partial charge on any atom is 0.285 e. The van der Waals surface area contributed by atoms with Crippen molar-refractivity contribution in [3.63, 3.8) is 0 Å². The summed E-state index contributed by atoms with van der Waals surface area (Å²) in [6.45, 7) is 0. The molecule has 1 N–H and O–H groups in total. The molecule has 10 heteroatoms. The lowest BCUT2D eigenvalue weighted by Crippen LogP contribution is -2.45. The zero-order valence-corrected chi connectivity index (χ0v) is 15.8. The number of thioether (sulfide) groups is 1. The van der Waals surface area contributed by atoms with Crippen molar-refractivity contribution in [3.05, 3.63) is 79.7 Å². The fraction of sp³-hybridized carbons (Fsp3) is 0. The Morgan fingerprint density at radius 2 is 1.89 bits per heavy atom. The maximum absolute atomic E-state index is 12.5. The number of hydrazine groups is 1. The first-order valence-electron chi connectivity index (χ1n) is 7.45. The molecule has 0 unspecified atom stereocenters. The number of nitro groups is 1. The van der Waals surface area contributed by atoms with Crippen LogP contribution in [0.1, 0.15) is 15.9 Å². The zero-order valence-electron chi connectivity index (χ0n) is 13.4. The second-order valence-electron chi connectivity index (χ2n) is 5.28. The van der Waals surface area contributed by atoms with Crippen molar-refractivity contribution in [1.82, 2.24) is 10.4 Å². The first-order chi connectivity index (χ1) is 12.9. The van der Waals surface area contributed by atoms with Gasteiger partial charge < -0.3 is 0 Å². The number of hydrogen-bond acceptors (Lipinski definition) is 6. The summed E-state index contributed by atoms with van der Waals surface area (Å²) in [6.07, 6.45) is 1.62. The smallest absolute Gasteiger partial charge is 0.267 e. The average molecular weight is 420 g/mol. The first kappa shape index (κ1) is 19.0. The Labute approximate surface area is 168 Å². The number of nitrogens with zero attached hydrogens (tertiary/aromatic N) is 2. The highest BCUT2D eigenvalue weighted by Gasteiger charge is 2.34. The van der Waals surface area contributed by atoms with Gasteiger partial charge in [-0.15, -0.1) is 0 Å². The number of halogens is 1. The number of nitro benzene ring substituents is 1. The number of rotatable bonds is 4. The van der Waals surface area contributed by atoms with Crippen LogP contribution in [0.3, 0.4) is 0 Å². The van der Waals surface area contributed by atoms with Gasteiger partial charge >= 0.3 is 0 Å². The molecule has 27 heavy (non-hydrogen) atoms. The van der Waals surface area contributed by atoms with Crippen molar-refractivity contribution in [1.29, 1.82) is 0 Å². The first-order valence-corrected chi connectivity index (χ1v) is 9.05. The summed E-state index contributed by atoms with van der Waals surface area (Å²) < 4.78 is 0.118. The van der Waals surface area contributed by atoms with E-state index in [9.17, 15) is 19.7 Å². The number of carbonyl (C=O) groups is 2. The lowest BCUT2D eigenvalue weighted by Gasteiger charge is -2.15. The van der Waals surface area contributed by atoms with Crippen molar-refractivity contribution in [2.24, 2.45) is 0 Å². The Kier molecular flexibility index (Phi) is 5.54. The van der Waals surface area contributed by atoms with Gasteiger partial charge in [-0.25, -0.2) is 0 Å². The van der Waals surface area contributed by atoms with E-state index in [0.717, 1.165) is 22.3 Å². The quantitative estimate of drug-likeness (QED) is 0.351. The van der Waals surface area contributed by atoms with Crippen LogP contribution in [0.5, 0.6) is 0 Å². The van der Waals surface area contributed by atoms with Crippen LogP contribution in [-0.4, -0.2) is 26.1 Å². The predicted molar refractivity (Wildman–Crippen MR) is 107 cm³/mol. The van der Waals surface area contributed by atoms with Gasteiger partial charge in [0.05, 0.1) is 9.83 Å². The number of benzene rings is 2. The molecule has 0 radical (unpaired) electrons. The standard InChI is InChI=1S/C17H10ClN3O4S2/c18-11-7-5-10(6-8-11)9-14-16(23)20(17(26)27-14)19-15(22)12-3-1-2-4-13(12)21(24)25/h1-9H,(H,19,22). The molecule has 0 atom stereocenters. The largest absolute Gasteiger partial charge is 0.285 e. The molecule has 1 heterocycles. The van der Waals surface area contributed by atoms with Gasteiger partial charge in [0.2, 0.25) is 0 Å². The van der Waals surface area contributed by atoms with Crippen LogP contribution < -0.4 is 5.43 Å². The molecular weight excluding hydrogens is 410 g/mol. The third-order valence-electron chi connectivity index (χ3n) is 3.52. The summed E-state index contributed by atoms with van der Waals surface area (Å²) in [6, 6.07) is 12.3. The second-order valence-corrected chi connectivity index (χ2v) is 7.40. The van der Waals surface area contributed by atoms with E-state index in [1.165, 1.54) is 24.3 Å². The van der Waals surface area contributed by atoms with E-state index in [1.807, 2.05) is 0 Å². The SMILES string of the molecule is O=C(NN1C(=O)C(=Cc2ccc(Cl)cc2)SC1=S)c1ccccc1[N+](=O)[O-]. The van der Waals surface area contributed by atoms with E-state index in [1.54, 1.807) is 30.3 Å². The van der Waals surface area contributed by atoms with Gasteiger partial charge in [-0.2, -0.15) is 5.01 Å². The Morgan fingerprint density at radius 1 is 1.22 bits per heavy atom. The van der Waals surface area contributed by atoms with Crippen molar-refractivity contribution >= 4 is 63.5 Å². The van der Waals surface area contributed by atoms with Crippen LogP contribution in [0.25, 0.3) is 6.08 Å². The van der Waals surface area contributed by atoms with Gasteiger partial charge in [0.15, 0.2) is 4.32 Å². The van der Waals surface area contributed by atoms with Crippen LogP contribution >= 0.6 is 35.6 Å². The topological polar surface area (TPSA) is 92.6 Å². The second kappa shape index (κ2) is 7.87. The third kappa shape index (κ3) is 4.16. The lowest BCUT2D eigenvalue weighted by molar-refractivity contribution is -0.385. The minimum Gasteiger partial charge on any atom is -0.267 e. The normalized spacial score (nSPS) is 15.3. The van der Waals surface area contributed by atoms with Gasteiger partial charge in [-0.05, 0) is 42.1 Å². The summed E-state index contributed by atoms with van der Waals surface area (Å²) in [5, 5.41) is 12.5. The molecule has 0 bridgehead atoms.